The van der Waals surface area contributed by atoms with Gasteiger partial charge >= 0.3 is 5.69 Å². The molecule has 4 aromatic rings. The highest BCUT2D eigenvalue weighted by molar-refractivity contribution is 5.79. The first-order valence-corrected chi connectivity index (χ1v) is 9.40. The number of hydrogen-bond acceptors (Lipinski definition) is 6. The second-order valence-corrected chi connectivity index (χ2v) is 6.75. The van der Waals surface area contributed by atoms with Crippen LogP contribution in [0.4, 0.5) is 0 Å². The summed E-state index contributed by atoms with van der Waals surface area (Å²) in [7, 11) is 1.53. The largest absolute Gasteiger partial charge is 0.496 e. The van der Waals surface area contributed by atoms with E-state index in [1.807, 2.05) is 6.92 Å². The van der Waals surface area contributed by atoms with E-state index >= 15 is 0 Å². The Kier molecular flexibility index (Phi) is 4.97. The van der Waals surface area contributed by atoms with Gasteiger partial charge in [0.15, 0.2) is 5.65 Å². The Morgan fingerprint density at radius 1 is 1.32 bits per heavy atom. The summed E-state index contributed by atoms with van der Waals surface area (Å²) in [6, 6.07) is 6.87. The van der Waals surface area contributed by atoms with E-state index in [9.17, 15) is 10.1 Å². The van der Waals surface area contributed by atoms with Crippen molar-refractivity contribution in [1.29, 1.82) is 5.26 Å². The van der Waals surface area contributed by atoms with Crippen molar-refractivity contribution in [2.75, 3.05) is 7.11 Å². The molecule has 0 aliphatic rings. The summed E-state index contributed by atoms with van der Waals surface area (Å²) in [5.74, 6) is 0.840. The number of rotatable bonds is 6. The number of ether oxygens (including phenoxy) is 1. The summed E-state index contributed by atoms with van der Waals surface area (Å²) in [6.07, 6.45) is 6.33. The lowest BCUT2D eigenvalue weighted by Gasteiger charge is -2.17. The van der Waals surface area contributed by atoms with Crippen LogP contribution < -0.4 is 5.69 Å². The van der Waals surface area contributed by atoms with Crippen molar-refractivity contribution in [3.63, 3.8) is 0 Å². The summed E-state index contributed by atoms with van der Waals surface area (Å²) in [4.78, 5) is 28.9. The van der Waals surface area contributed by atoms with Gasteiger partial charge < -0.3 is 9.72 Å². The zero-order valence-corrected chi connectivity index (χ0v) is 17.0. The van der Waals surface area contributed by atoms with Crippen LogP contribution in [0.25, 0.3) is 28.1 Å². The van der Waals surface area contributed by atoms with Crippen molar-refractivity contribution in [3.8, 4) is 12.0 Å². The Labute approximate surface area is 177 Å². The van der Waals surface area contributed by atoms with Crippen molar-refractivity contribution in [3.05, 3.63) is 83.4 Å². The quantitative estimate of drug-likeness (QED) is 0.384. The van der Waals surface area contributed by atoms with Crippen LogP contribution in [0.5, 0.6) is 0 Å². The maximum absolute atomic E-state index is 12.8. The normalized spacial score (nSPS) is 12.9. The number of hydrogen-bond donors (Lipinski definition) is 1. The number of H-pyrrole nitrogens is 1. The molecule has 9 heteroatoms. The van der Waals surface area contributed by atoms with Crippen molar-refractivity contribution in [2.45, 2.75) is 13.0 Å². The fraction of sp³-hybridized carbons (Fsp3) is 0.136. The van der Waals surface area contributed by atoms with Gasteiger partial charge in [-0.25, -0.2) is 14.8 Å². The van der Waals surface area contributed by atoms with Crippen LogP contribution in [-0.4, -0.2) is 36.2 Å². The van der Waals surface area contributed by atoms with Gasteiger partial charge in [-0.05, 0) is 31.2 Å². The number of aromatic amines is 1. The molecule has 3 aromatic heterocycles. The third-order valence-electron chi connectivity index (χ3n) is 5.08. The van der Waals surface area contributed by atoms with Crippen molar-refractivity contribution in [1.82, 2.24) is 29.1 Å². The molecule has 0 aliphatic carbocycles. The third kappa shape index (κ3) is 3.20. The van der Waals surface area contributed by atoms with E-state index in [0.717, 1.165) is 0 Å². The zero-order chi connectivity index (χ0) is 22.1. The van der Waals surface area contributed by atoms with Crippen molar-refractivity contribution >= 4 is 22.2 Å². The molecular formula is C22H19N7O2. The minimum atomic E-state index is -0.431. The zero-order valence-electron chi connectivity index (χ0n) is 17.0. The predicted octanol–water partition coefficient (Wildman–Crippen LogP) is 3.16. The highest BCUT2D eigenvalue weighted by Crippen LogP contribution is 2.25. The van der Waals surface area contributed by atoms with E-state index in [1.54, 1.807) is 47.4 Å². The van der Waals surface area contributed by atoms with Gasteiger partial charge in [0.05, 0.1) is 42.0 Å². The van der Waals surface area contributed by atoms with Crippen LogP contribution >= 0.6 is 0 Å². The molecule has 0 spiro atoms. The minimum absolute atomic E-state index is 0.324. The summed E-state index contributed by atoms with van der Waals surface area (Å²) >= 11 is 0. The molecule has 0 saturated heterocycles. The first-order chi connectivity index (χ1) is 15.0. The fourth-order valence-corrected chi connectivity index (χ4v) is 3.55. The van der Waals surface area contributed by atoms with Crippen LogP contribution in [0, 0.1) is 11.3 Å². The van der Waals surface area contributed by atoms with Crippen LogP contribution in [0.15, 0.2) is 72.2 Å². The lowest BCUT2D eigenvalue weighted by Crippen LogP contribution is -2.22. The van der Waals surface area contributed by atoms with Crippen LogP contribution in [0.1, 0.15) is 18.5 Å². The molecule has 1 aromatic carbocycles. The maximum atomic E-state index is 12.8. The van der Waals surface area contributed by atoms with Crippen LogP contribution in [-0.2, 0) is 4.74 Å². The summed E-state index contributed by atoms with van der Waals surface area (Å²) < 4.78 is 8.56. The van der Waals surface area contributed by atoms with Gasteiger partial charge in [-0.1, -0.05) is 19.2 Å². The SMILES string of the molecule is C=C/C(OC)=C(\C=C)C(C)n1c(=O)[nH]c2cnc(-n3cnc4ccc(C#N)cc43)nc21. The maximum Gasteiger partial charge on any atom is 0.328 e. The fourth-order valence-electron chi connectivity index (χ4n) is 3.55. The highest BCUT2D eigenvalue weighted by atomic mass is 16.5. The number of fused-ring (bicyclic) bond motifs is 2. The Morgan fingerprint density at radius 3 is 2.81 bits per heavy atom. The second-order valence-electron chi connectivity index (χ2n) is 6.75. The van der Waals surface area contributed by atoms with Gasteiger partial charge in [0.2, 0.25) is 5.95 Å². The molecule has 0 saturated carbocycles. The molecule has 1 unspecified atom stereocenters. The number of nitrogens with zero attached hydrogens (tertiary/aromatic N) is 6. The van der Waals surface area contributed by atoms with E-state index < -0.39 is 6.04 Å². The van der Waals surface area contributed by atoms with Gasteiger partial charge in [0.25, 0.3) is 0 Å². The summed E-state index contributed by atoms with van der Waals surface area (Å²) in [5.41, 5.74) is 3.15. The summed E-state index contributed by atoms with van der Waals surface area (Å²) in [6.45, 7) is 9.45. The standard InChI is InChI=1S/C22H19N7O2/c1-5-15(19(6-2)31-4)13(3)29-20-17(26-22(29)30)11-24-21(27-20)28-12-25-16-8-7-14(10-23)9-18(16)28/h5-9,11-13H,1-2H2,3-4H3,(H,26,30)/b19-15-. The predicted molar refractivity (Wildman–Crippen MR) is 117 cm³/mol. The van der Waals surface area contributed by atoms with E-state index in [-0.39, 0.29) is 5.69 Å². The second kappa shape index (κ2) is 7.76. The first kappa shape index (κ1) is 19.8. The Balaban J connectivity index is 1.93. The number of benzene rings is 1. The number of nitriles is 1. The lowest BCUT2D eigenvalue weighted by atomic mass is 10.1. The molecule has 1 atom stereocenters. The molecular weight excluding hydrogens is 394 g/mol. The minimum Gasteiger partial charge on any atom is -0.496 e. The van der Waals surface area contributed by atoms with Gasteiger partial charge in [-0.3, -0.25) is 9.13 Å². The average Bonchev–Trinajstić information content (AvgIpc) is 3.35. The molecule has 154 valence electrons. The number of allylic oxidation sites excluding steroid dienone is 3. The van der Waals surface area contributed by atoms with E-state index in [1.165, 1.54) is 11.7 Å². The van der Waals surface area contributed by atoms with E-state index in [2.05, 4.69) is 39.2 Å². The number of imidazole rings is 2. The van der Waals surface area contributed by atoms with E-state index in [4.69, 9.17) is 4.74 Å². The Hall–Kier alpha value is -4.45. The molecule has 0 amide bonds. The molecule has 1 N–H and O–H groups in total. The first-order valence-electron chi connectivity index (χ1n) is 9.40. The number of methoxy groups -OCH3 is 1. The Morgan fingerprint density at radius 2 is 2.13 bits per heavy atom. The lowest BCUT2D eigenvalue weighted by molar-refractivity contribution is 0.299. The monoisotopic (exact) mass is 413 g/mol. The third-order valence-corrected chi connectivity index (χ3v) is 5.08. The van der Waals surface area contributed by atoms with Crippen molar-refractivity contribution in [2.24, 2.45) is 0 Å². The van der Waals surface area contributed by atoms with Gasteiger partial charge in [0, 0.05) is 5.57 Å². The topological polar surface area (TPSA) is 114 Å². The van der Waals surface area contributed by atoms with E-state index in [0.29, 0.717) is 45.0 Å². The number of nitrogens with one attached hydrogen (secondary N) is 1. The average molecular weight is 413 g/mol. The molecule has 0 bridgehead atoms. The Bertz CT molecular complexity index is 1460. The molecule has 31 heavy (non-hydrogen) atoms. The number of aromatic nitrogens is 6. The molecule has 0 radical (unpaired) electrons. The van der Waals surface area contributed by atoms with Crippen molar-refractivity contribution < 1.29 is 4.74 Å². The molecule has 9 nitrogen and oxygen atoms in total. The molecule has 0 fully saturated rings. The molecule has 0 aliphatic heterocycles. The van der Waals surface area contributed by atoms with Crippen LogP contribution in [0.3, 0.4) is 0 Å². The molecule has 3 heterocycles. The van der Waals surface area contributed by atoms with Crippen LogP contribution in [0.2, 0.25) is 0 Å². The highest BCUT2D eigenvalue weighted by Gasteiger charge is 2.20. The smallest absolute Gasteiger partial charge is 0.328 e. The van der Waals surface area contributed by atoms with Gasteiger partial charge in [0.1, 0.15) is 17.6 Å². The summed E-state index contributed by atoms with van der Waals surface area (Å²) in [5, 5.41) is 9.22. The molecule has 4 rings (SSSR count). The van der Waals surface area contributed by atoms with Gasteiger partial charge in [-0.2, -0.15) is 10.2 Å². The van der Waals surface area contributed by atoms with Gasteiger partial charge in [-0.15, -0.1) is 0 Å².